The fourth-order valence-corrected chi connectivity index (χ4v) is 1.47. The molecule has 0 bridgehead atoms. The summed E-state index contributed by atoms with van der Waals surface area (Å²) in [5.41, 5.74) is 1.08. The highest BCUT2D eigenvalue weighted by Crippen LogP contribution is 2.17. The molecule has 0 atom stereocenters. The highest BCUT2D eigenvalue weighted by atomic mass is 19.1. The van der Waals surface area contributed by atoms with Gasteiger partial charge in [0.25, 0.3) is 5.91 Å². The molecule has 84 valence electrons. The second-order valence-electron chi connectivity index (χ2n) is 3.40. The third-order valence-electron chi connectivity index (χ3n) is 2.37. The zero-order valence-electron chi connectivity index (χ0n) is 8.95. The molecule has 5 heteroatoms. The largest absolute Gasteiger partial charge is 0.350 e. The number of hydroxylamine groups is 2. The van der Waals surface area contributed by atoms with Gasteiger partial charge in [0.2, 0.25) is 0 Å². The summed E-state index contributed by atoms with van der Waals surface area (Å²) < 4.78 is 12.9. The predicted molar refractivity (Wildman–Crippen MR) is 57.4 cm³/mol. The maximum Gasteiger partial charge on any atom is 0.293 e. The van der Waals surface area contributed by atoms with E-state index in [1.54, 1.807) is 12.1 Å². The molecule has 0 radical (unpaired) electrons. The van der Waals surface area contributed by atoms with E-state index in [9.17, 15) is 9.18 Å². The van der Waals surface area contributed by atoms with E-state index in [-0.39, 0.29) is 11.7 Å². The Bertz CT molecular complexity index is 536. The van der Waals surface area contributed by atoms with Crippen LogP contribution in [0.15, 0.2) is 24.3 Å². The Balaban J connectivity index is 2.43. The van der Waals surface area contributed by atoms with Gasteiger partial charge in [0.1, 0.15) is 11.5 Å². The van der Waals surface area contributed by atoms with Crippen molar-refractivity contribution in [1.29, 1.82) is 0 Å². The van der Waals surface area contributed by atoms with E-state index in [0.717, 1.165) is 5.06 Å². The molecule has 0 unspecified atom stereocenters. The predicted octanol–water partition coefficient (Wildman–Crippen LogP) is 1.94. The number of hydrogen-bond acceptors (Lipinski definition) is 2. The Morgan fingerprint density at radius 1 is 1.44 bits per heavy atom. The van der Waals surface area contributed by atoms with Crippen molar-refractivity contribution >= 4 is 16.8 Å². The standard InChI is InChI=1S/C11H11FN2O2/c1-14(16-2)11(15)10-6-7-5-8(12)3-4-9(7)13-10/h3-6,13H,1-2H3. The summed E-state index contributed by atoms with van der Waals surface area (Å²) in [5, 5.41) is 1.76. The van der Waals surface area contributed by atoms with Crippen molar-refractivity contribution in [3.05, 3.63) is 35.8 Å². The molecule has 1 heterocycles. The summed E-state index contributed by atoms with van der Waals surface area (Å²) in [5.74, 6) is -0.635. The average Bonchev–Trinajstić information content (AvgIpc) is 2.69. The fourth-order valence-electron chi connectivity index (χ4n) is 1.47. The molecule has 0 spiro atoms. The minimum atomic E-state index is -0.328. The summed E-state index contributed by atoms with van der Waals surface area (Å²) in [6, 6.07) is 5.90. The number of aromatic amines is 1. The molecular formula is C11H11FN2O2. The molecule has 2 rings (SSSR count). The molecule has 0 aliphatic rings. The highest BCUT2D eigenvalue weighted by Gasteiger charge is 2.14. The summed E-state index contributed by atoms with van der Waals surface area (Å²) >= 11 is 0. The molecule has 1 aromatic heterocycles. The second-order valence-corrected chi connectivity index (χ2v) is 3.40. The zero-order valence-corrected chi connectivity index (χ0v) is 8.95. The number of aromatic nitrogens is 1. The lowest BCUT2D eigenvalue weighted by atomic mass is 10.2. The quantitative estimate of drug-likeness (QED) is 0.789. The molecule has 1 amide bonds. The van der Waals surface area contributed by atoms with E-state index < -0.39 is 0 Å². The van der Waals surface area contributed by atoms with Crippen LogP contribution in [0.2, 0.25) is 0 Å². The number of hydrogen-bond donors (Lipinski definition) is 1. The molecule has 0 saturated carbocycles. The van der Waals surface area contributed by atoms with Gasteiger partial charge in [-0.25, -0.2) is 9.45 Å². The van der Waals surface area contributed by atoms with Crippen molar-refractivity contribution in [2.24, 2.45) is 0 Å². The molecule has 1 N–H and O–H groups in total. The lowest BCUT2D eigenvalue weighted by molar-refractivity contribution is -0.0759. The first-order chi connectivity index (χ1) is 7.61. The average molecular weight is 222 g/mol. The molecule has 0 aliphatic heterocycles. The number of nitrogens with zero attached hydrogens (tertiary/aromatic N) is 1. The number of benzene rings is 1. The first-order valence-electron chi connectivity index (χ1n) is 4.72. The van der Waals surface area contributed by atoms with Gasteiger partial charge in [-0.2, -0.15) is 0 Å². The smallest absolute Gasteiger partial charge is 0.293 e. The van der Waals surface area contributed by atoms with E-state index in [1.165, 1.54) is 26.3 Å². The van der Waals surface area contributed by atoms with Gasteiger partial charge in [-0.15, -0.1) is 0 Å². The number of halogens is 1. The molecule has 2 aromatic rings. The molecule has 1 aromatic carbocycles. The summed E-state index contributed by atoms with van der Waals surface area (Å²) in [7, 11) is 2.91. The lowest BCUT2D eigenvalue weighted by Crippen LogP contribution is -2.25. The number of nitrogens with one attached hydrogen (secondary N) is 1. The van der Waals surface area contributed by atoms with E-state index in [4.69, 9.17) is 4.84 Å². The highest BCUT2D eigenvalue weighted by molar-refractivity contribution is 5.97. The van der Waals surface area contributed by atoms with Gasteiger partial charge in [0.05, 0.1) is 7.11 Å². The number of rotatable bonds is 2. The zero-order chi connectivity index (χ0) is 11.7. The van der Waals surface area contributed by atoms with E-state index in [1.807, 2.05) is 0 Å². The maximum atomic E-state index is 12.9. The van der Waals surface area contributed by atoms with Gasteiger partial charge in [0.15, 0.2) is 0 Å². The molecule has 0 fully saturated rings. The van der Waals surface area contributed by atoms with Gasteiger partial charge in [-0.1, -0.05) is 0 Å². The third-order valence-corrected chi connectivity index (χ3v) is 2.37. The number of fused-ring (bicyclic) bond motifs is 1. The Morgan fingerprint density at radius 2 is 2.19 bits per heavy atom. The van der Waals surface area contributed by atoms with Crippen LogP contribution in [0.4, 0.5) is 4.39 Å². The summed E-state index contributed by atoms with van der Waals surface area (Å²) in [6.45, 7) is 0. The molecule has 4 nitrogen and oxygen atoms in total. The normalized spacial score (nSPS) is 10.7. The number of carbonyl (C=O) groups is 1. The molecule has 0 aliphatic carbocycles. The van der Waals surface area contributed by atoms with Crippen molar-refractivity contribution in [3.8, 4) is 0 Å². The number of H-pyrrole nitrogens is 1. The number of carbonyl (C=O) groups excluding carboxylic acids is 1. The van der Waals surface area contributed by atoms with E-state index in [0.29, 0.717) is 16.6 Å². The van der Waals surface area contributed by atoms with Crippen LogP contribution in [0.1, 0.15) is 10.5 Å². The Hall–Kier alpha value is -1.88. The summed E-state index contributed by atoms with van der Waals surface area (Å²) in [6.07, 6.45) is 0. The lowest BCUT2D eigenvalue weighted by Gasteiger charge is -2.11. The van der Waals surface area contributed by atoms with Gasteiger partial charge in [-0.05, 0) is 24.3 Å². The van der Waals surface area contributed by atoms with Gasteiger partial charge in [0, 0.05) is 18.0 Å². The van der Waals surface area contributed by atoms with Crippen LogP contribution in [0.3, 0.4) is 0 Å². The Morgan fingerprint density at radius 3 is 2.88 bits per heavy atom. The Kier molecular flexibility index (Phi) is 2.62. The molecule has 0 saturated heterocycles. The second kappa shape index (κ2) is 3.94. The Labute approximate surface area is 91.6 Å². The topological polar surface area (TPSA) is 45.3 Å². The SMILES string of the molecule is CON(C)C(=O)c1cc2cc(F)ccc2[nH]1. The van der Waals surface area contributed by atoms with Crippen LogP contribution in [-0.4, -0.2) is 30.1 Å². The van der Waals surface area contributed by atoms with Crippen molar-refractivity contribution in [3.63, 3.8) is 0 Å². The van der Waals surface area contributed by atoms with Crippen LogP contribution < -0.4 is 0 Å². The maximum absolute atomic E-state index is 12.9. The molecular weight excluding hydrogens is 211 g/mol. The third kappa shape index (κ3) is 1.77. The van der Waals surface area contributed by atoms with E-state index >= 15 is 0 Å². The minimum absolute atomic E-state index is 0.306. The van der Waals surface area contributed by atoms with Crippen molar-refractivity contribution in [1.82, 2.24) is 10.0 Å². The first kappa shape index (κ1) is 10.6. The van der Waals surface area contributed by atoms with Crippen molar-refractivity contribution < 1.29 is 14.0 Å². The van der Waals surface area contributed by atoms with E-state index in [2.05, 4.69) is 4.98 Å². The number of amides is 1. The van der Waals surface area contributed by atoms with Crippen LogP contribution in [0.5, 0.6) is 0 Å². The molecule has 16 heavy (non-hydrogen) atoms. The van der Waals surface area contributed by atoms with Gasteiger partial charge >= 0.3 is 0 Å². The monoisotopic (exact) mass is 222 g/mol. The minimum Gasteiger partial charge on any atom is -0.350 e. The van der Waals surface area contributed by atoms with Gasteiger partial charge < -0.3 is 4.98 Å². The van der Waals surface area contributed by atoms with Crippen molar-refractivity contribution in [2.45, 2.75) is 0 Å². The van der Waals surface area contributed by atoms with Crippen LogP contribution in [-0.2, 0) is 4.84 Å². The van der Waals surface area contributed by atoms with Crippen LogP contribution in [0, 0.1) is 5.82 Å². The van der Waals surface area contributed by atoms with Gasteiger partial charge in [-0.3, -0.25) is 9.63 Å². The fraction of sp³-hybridized carbons (Fsp3) is 0.182. The van der Waals surface area contributed by atoms with Crippen molar-refractivity contribution in [2.75, 3.05) is 14.2 Å². The first-order valence-corrected chi connectivity index (χ1v) is 4.72. The summed E-state index contributed by atoms with van der Waals surface area (Å²) in [4.78, 5) is 19.4. The van der Waals surface area contributed by atoms with Crippen LogP contribution >= 0.6 is 0 Å². The van der Waals surface area contributed by atoms with Crippen LogP contribution in [0.25, 0.3) is 10.9 Å².